The van der Waals surface area contributed by atoms with Crippen LogP contribution in [0.25, 0.3) is 0 Å². The average molecular weight is 322 g/mol. The van der Waals surface area contributed by atoms with Crippen LogP contribution in [0.15, 0.2) is 12.1 Å². The Kier molecular flexibility index (Phi) is 4.03. The Morgan fingerprint density at radius 1 is 0.792 bits per heavy atom. The lowest BCUT2D eigenvalue weighted by molar-refractivity contribution is -0.135. The zero-order valence-electron chi connectivity index (χ0n) is 15.8. The third-order valence-corrected chi connectivity index (χ3v) is 5.96. The van der Waals surface area contributed by atoms with Gasteiger partial charge in [-0.05, 0) is 93.0 Å². The van der Waals surface area contributed by atoms with Crippen molar-refractivity contribution in [2.24, 2.45) is 0 Å². The van der Waals surface area contributed by atoms with E-state index in [-0.39, 0.29) is 11.9 Å². The number of carbonyl (C=O) groups is 1. The molecule has 0 fully saturated rings. The van der Waals surface area contributed by atoms with Crippen LogP contribution in [0.3, 0.4) is 0 Å². The SMILES string of the molecule is Cc1cc([C@@H]2CC(=O)Oc3c(C)c(C)c(C)c(C)c32)cc(C)c1C. The van der Waals surface area contributed by atoms with E-state index >= 15 is 0 Å². The molecule has 0 saturated carbocycles. The highest BCUT2D eigenvalue weighted by molar-refractivity contribution is 5.79. The summed E-state index contributed by atoms with van der Waals surface area (Å²) in [6, 6.07) is 4.47. The topological polar surface area (TPSA) is 26.3 Å². The second kappa shape index (κ2) is 5.77. The van der Waals surface area contributed by atoms with Crippen molar-refractivity contribution < 1.29 is 9.53 Å². The van der Waals surface area contributed by atoms with Crippen LogP contribution in [0.5, 0.6) is 5.75 Å². The first-order chi connectivity index (χ1) is 11.2. The predicted molar refractivity (Wildman–Crippen MR) is 98.1 cm³/mol. The molecule has 0 aliphatic carbocycles. The van der Waals surface area contributed by atoms with Gasteiger partial charge < -0.3 is 4.74 Å². The molecule has 1 aliphatic rings. The maximum absolute atomic E-state index is 12.3. The van der Waals surface area contributed by atoms with Crippen LogP contribution in [-0.4, -0.2) is 5.97 Å². The van der Waals surface area contributed by atoms with Crippen molar-refractivity contribution >= 4 is 5.97 Å². The maximum atomic E-state index is 12.3. The number of hydrogen-bond donors (Lipinski definition) is 0. The number of benzene rings is 2. The molecule has 2 aromatic rings. The fourth-order valence-electron chi connectivity index (χ4n) is 3.84. The molecule has 0 aromatic heterocycles. The molecule has 1 aliphatic heterocycles. The van der Waals surface area contributed by atoms with Crippen LogP contribution in [0.1, 0.15) is 62.4 Å². The monoisotopic (exact) mass is 322 g/mol. The molecule has 1 atom stereocenters. The normalized spacial score (nSPS) is 16.8. The molecule has 2 heteroatoms. The Balaban J connectivity index is 2.29. The molecule has 2 aromatic carbocycles. The van der Waals surface area contributed by atoms with Crippen molar-refractivity contribution in [1.29, 1.82) is 0 Å². The number of hydrogen-bond acceptors (Lipinski definition) is 2. The van der Waals surface area contributed by atoms with Crippen LogP contribution in [0.2, 0.25) is 0 Å². The Morgan fingerprint density at radius 2 is 1.33 bits per heavy atom. The van der Waals surface area contributed by atoms with Gasteiger partial charge in [-0.3, -0.25) is 4.79 Å². The molecule has 0 unspecified atom stereocenters. The van der Waals surface area contributed by atoms with Crippen LogP contribution >= 0.6 is 0 Å². The lowest BCUT2D eigenvalue weighted by Crippen LogP contribution is -2.24. The quantitative estimate of drug-likeness (QED) is 0.527. The van der Waals surface area contributed by atoms with Crippen molar-refractivity contribution in [2.45, 2.75) is 60.8 Å². The Bertz CT molecular complexity index is 836. The van der Waals surface area contributed by atoms with Crippen molar-refractivity contribution in [2.75, 3.05) is 0 Å². The van der Waals surface area contributed by atoms with Gasteiger partial charge in [0.2, 0.25) is 0 Å². The predicted octanol–water partition coefficient (Wildman–Crippen LogP) is 5.29. The van der Waals surface area contributed by atoms with Gasteiger partial charge in [0.05, 0.1) is 6.42 Å². The first-order valence-electron chi connectivity index (χ1n) is 8.61. The first kappa shape index (κ1) is 16.8. The fraction of sp³-hybridized carbons (Fsp3) is 0.409. The van der Waals surface area contributed by atoms with Crippen LogP contribution < -0.4 is 4.74 Å². The minimum Gasteiger partial charge on any atom is -0.426 e. The number of aryl methyl sites for hydroxylation is 2. The van der Waals surface area contributed by atoms with Crippen LogP contribution in [0, 0.1) is 48.5 Å². The highest BCUT2D eigenvalue weighted by atomic mass is 16.5. The van der Waals surface area contributed by atoms with Gasteiger partial charge in [-0.15, -0.1) is 0 Å². The molecule has 126 valence electrons. The van der Waals surface area contributed by atoms with E-state index in [1.54, 1.807) is 0 Å². The minimum atomic E-state index is -0.130. The summed E-state index contributed by atoms with van der Waals surface area (Å²) in [5.74, 6) is 0.735. The van der Waals surface area contributed by atoms with Gasteiger partial charge in [-0.25, -0.2) is 0 Å². The lowest BCUT2D eigenvalue weighted by Gasteiger charge is -2.30. The highest BCUT2D eigenvalue weighted by Crippen LogP contribution is 2.45. The van der Waals surface area contributed by atoms with E-state index in [2.05, 4.69) is 60.6 Å². The Morgan fingerprint density at radius 3 is 1.92 bits per heavy atom. The van der Waals surface area contributed by atoms with E-state index < -0.39 is 0 Å². The highest BCUT2D eigenvalue weighted by Gasteiger charge is 2.33. The summed E-state index contributed by atoms with van der Waals surface area (Å²) in [7, 11) is 0. The van der Waals surface area contributed by atoms with Gasteiger partial charge in [-0.1, -0.05) is 12.1 Å². The largest absolute Gasteiger partial charge is 0.426 e. The van der Waals surface area contributed by atoms with Crippen LogP contribution in [0.4, 0.5) is 0 Å². The third-order valence-electron chi connectivity index (χ3n) is 5.96. The number of rotatable bonds is 1. The third kappa shape index (κ3) is 2.45. The summed E-state index contributed by atoms with van der Waals surface area (Å²) in [6.45, 7) is 14.9. The molecule has 1 heterocycles. The van der Waals surface area contributed by atoms with E-state index in [9.17, 15) is 4.79 Å². The molecule has 2 nitrogen and oxygen atoms in total. The van der Waals surface area contributed by atoms with Gasteiger partial charge in [0, 0.05) is 11.5 Å². The lowest BCUT2D eigenvalue weighted by atomic mass is 9.79. The van der Waals surface area contributed by atoms with Gasteiger partial charge in [-0.2, -0.15) is 0 Å². The van der Waals surface area contributed by atoms with Crippen molar-refractivity contribution in [1.82, 2.24) is 0 Å². The molecule has 0 radical (unpaired) electrons. The standard InChI is InChI=1S/C22H26O2/c1-11-8-18(9-12(2)13(11)3)19-10-20(23)24-22-17(7)15(5)14(4)16(6)21(19)22/h8-9,19H,10H2,1-7H3/t19-/m0/s1. The maximum Gasteiger partial charge on any atom is 0.312 e. The van der Waals surface area contributed by atoms with E-state index in [1.807, 2.05) is 0 Å². The van der Waals surface area contributed by atoms with Crippen LogP contribution in [-0.2, 0) is 4.79 Å². The first-order valence-corrected chi connectivity index (χ1v) is 8.61. The van der Waals surface area contributed by atoms with E-state index in [0.717, 1.165) is 11.3 Å². The second-order valence-electron chi connectivity index (χ2n) is 7.25. The molecule has 0 bridgehead atoms. The summed E-state index contributed by atoms with van der Waals surface area (Å²) in [6.07, 6.45) is 0.414. The van der Waals surface area contributed by atoms with Crippen molar-refractivity contribution in [3.8, 4) is 5.75 Å². The zero-order chi connectivity index (χ0) is 17.8. The Labute approximate surface area is 144 Å². The van der Waals surface area contributed by atoms with E-state index in [0.29, 0.717) is 6.42 Å². The molecule has 24 heavy (non-hydrogen) atoms. The fourth-order valence-corrected chi connectivity index (χ4v) is 3.84. The summed E-state index contributed by atoms with van der Waals surface area (Å²) in [4.78, 5) is 12.3. The molecule has 0 N–H and O–H groups in total. The van der Waals surface area contributed by atoms with Gasteiger partial charge >= 0.3 is 5.97 Å². The Hall–Kier alpha value is -2.09. The molecule has 0 saturated heterocycles. The molecular formula is C22H26O2. The molecular weight excluding hydrogens is 296 g/mol. The minimum absolute atomic E-state index is 0.0808. The smallest absolute Gasteiger partial charge is 0.312 e. The van der Waals surface area contributed by atoms with Gasteiger partial charge in [0.15, 0.2) is 0 Å². The summed E-state index contributed by atoms with van der Waals surface area (Å²) >= 11 is 0. The van der Waals surface area contributed by atoms with Crippen molar-refractivity contribution in [3.05, 3.63) is 62.2 Å². The average Bonchev–Trinajstić information content (AvgIpc) is 2.54. The summed E-state index contributed by atoms with van der Waals surface area (Å²) in [5, 5.41) is 0. The molecule has 0 amide bonds. The molecule has 0 spiro atoms. The number of ether oxygens (including phenoxy) is 1. The molecule has 3 rings (SSSR count). The van der Waals surface area contributed by atoms with E-state index in [1.165, 1.54) is 44.5 Å². The number of carbonyl (C=O) groups excluding carboxylic acids is 1. The van der Waals surface area contributed by atoms with Crippen molar-refractivity contribution in [3.63, 3.8) is 0 Å². The summed E-state index contributed by atoms with van der Waals surface area (Å²) < 4.78 is 5.68. The second-order valence-corrected chi connectivity index (χ2v) is 7.25. The number of fused-ring (bicyclic) bond motifs is 1. The number of esters is 1. The van der Waals surface area contributed by atoms with Gasteiger partial charge in [0.1, 0.15) is 5.75 Å². The zero-order valence-corrected chi connectivity index (χ0v) is 15.8. The summed E-state index contributed by atoms with van der Waals surface area (Å²) in [5.41, 5.74) is 11.2. The van der Waals surface area contributed by atoms with Gasteiger partial charge in [0.25, 0.3) is 0 Å². The van der Waals surface area contributed by atoms with E-state index in [4.69, 9.17) is 4.74 Å².